The van der Waals surface area contributed by atoms with Crippen molar-refractivity contribution in [2.45, 2.75) is 18.6 Å². The van der Waals surface area contributed by atoms with Crippen LogP contribution in [0.4, 0.5) is 13.2 Å². The molecule has 0 saturated heterocycles. The molecule has 1 aliphatic heterocycles. The number of H-pyrrole nitrogens is 1. The van der Waals surface area contributed by atoms with Crippen LogP contribution in [-0.2, 0) is 12.6 Å². The zero-order valence-electron chi connectivity index (χ0n) is 20.2. The molecule has 0 aliphatic carbocycles. The number of imidazole rings is 1. The maximum atomic E-state index is 14.0. The maximum absolute atomic E-state index is 14.0. The number of alkyl halides is 3. The Bertz CT molecular complexity index is 1850. The van der Waals surface area contributed by atoms with Crippen LogP contribution in [0.5, 0.6) is 0 Å². The van der Waals surface area contributed by atoms with Gasteiger partial charge in [-0.15, -0.1) is 0 Å². The quantitative estimate of drug-likeness (QED) is 0.363. The van der Waals surface area contributed by atoms with E-state index in [0.717, 1.165) is 27.5 Å². The molecule has 0 saturated carbocycles. The largest absolute Gasteiger partial charge is 0.433 e. The molecule has 1 unspecified atom stereocenters. The number of aromatic amines is 1. The Morgan fingerprint density at radius 2 is 1.95 bits per heavy atom. The van der Waals surface area contributed by atoms with Crippen molar-refractivity contribution in [3.63, 3.8) is 0 Å². The van der Waals surface area contributed by atoms with Crippen molar-refractivity contribution >= 4 is 16.9 Å². The van der Waals surface area contributed by atoms with E-state index < -0.39 is 17.9 Å². The number of nitrogens with one attached hydrogen (secondary N) is 1. The first-order valence-electron chi connectivity index (χ1n) is 12.2. The standard InChI is InChI=1S/C27H19F3N8O/c28-27(29,30)23-6-3-4-17-12-21(35-38(17)23)25-24-20(32-15-33-24)9-11-36(25)26(39)18-13-34-37-14-16(7-8-22(18)37)19-5-1-2-10-31-19/h1-8,10,12-15,25H,9,11H2,(H,32,33). The number of hydrogen-bond acceptors (Lipinski definition) is 5. The molecule has 1 N–H and O–H groups in total. The molecule has 6 aromatic rings. The third-order valence-corrected chi connectivity index (χ3v) is 6.97. The number of halogens is 3. The number of carbonyl (C=O) groups excluding carboxylic acids is 1. The van der Waals surface area contributed by atoms with Crippen molar-refractivity contribution in [1.82, 2.24) is 39.1 Å². The third kappa shape index (κ3) is 3.75. The van der Waals surface area contributed by atoms with Crippen molar-refractivity contribution in [1.29, 1.82) is 0 Å². The zero-order valence-corrected chi connectivity index (χ0v) is 20.2. The van der Waals surface area contributed by atoms with Crippen LogP contribution in [0.2, 0.25) is 0 Å². The molecule has 7 rings (SSSR count). The van der Waals surface area contributed by atoms with E-state index in [-0.39, 0.29) is 11.4 Å². The molecular formula is C27H19F3N8O. The molecule has 1 amide bonds. The molecule has 6 aromatic heterocycles. The second kappa shape index (κ2) is 8.51. The number of nitrogens with zero attached hydrogens (tertiary/aromatic N) is 7. The van der Waals surface area contributed by atoms with Crippen LogP contribution in [-0.4, -0.2) is 51.5 Å². The van der Waals surface area contributed by atoms with Crippen molar-refractivity contribution in [2.24, 2.45) is 0 Å². The number of carbonyl (C=O) groups is 1. The van der Waals surface area contributed by atoms with Crippen LogP contribution < -0.4 is 0 Å². The number of fused-ring (bicyclic) bond motifs is 3. The van der Waals surface area contributed by atoms with Gasteiger partial charge < -0.3 is 9.88 Å². The highest BCUT2D eigenvalue weighted by Gasteiger charge is 2.39. The number of rotatable bonds is 3. The number of hydrogen-bond donors (Lipinski definition) is 1. The molecule has 194 valence electrons. The van der Waals surface area contributed by atoms with Crippen LogP contribution in [0.25, 0.3) is 22.3 Å². The molecule has 0 fully saturated rings. The summed E-state index contributed by atoms with van der Waals surface area (Å²) in [6.45, 7) is 0.321. The van der Waals surface area contributed by atoms with Gasteiger partial charge in [0.15, 0.2) is 0 Å². The molecule has 7 heterocycles. The SMILES string of the molecule is O=C(c1cnn2cc(-c3ccccn3)ccc12)N1CCc2[nH]cnc2C1c1cc2cccc(C(F)(F)F)n2n1. The van der Waals surface area contributed by atoms with Gasteiger partial charge in [-0.2, -0.15) is 23.4 Å². The van der Waals surface area contributed by atoms with E-state index in [1.807, 2.05) is 30.3 Å². The van der Waals surface area contributed by atoms with Gasteiger partial charge in [-0.25, -0.2) is 14.0 Å². The minimum atomic E-state index is -4.59. The van der Waals surface area contributed by atoms with E-state index in [9.17, 15) is 18.0 Å². The minimum Gasteiger partial charge on any atom is -0.348 e. The molecule has 9 nitrogen and oxygen atoms in total. The fourth-order valence-electron chi connectivity index (χ4n) is 5.17. The van der Waals surface area contributed by atoms with Gasteiger partial charge in [-0.3, -0.25) is 9.78 Å². The molecule has 39 heavy (non-hydrogen) atoms. The average Bonchev–Trinajstić information content (AvgIpc) is 3.69. The van der Waals surface area contributed by atoms with Crippen molar-refractivity contribution in [3.05, 3.63) is 108 Å². The molecule has 0 aromatic carbocycles. The van der Waals surface area contributed by atoms with Gasteiger partial charge in [0.25, 0.3) is 5.91 Å². The summed E-state index contributed by atoms with van der Waals surface area (Å²) < 4.78 is 43.5. The van der Waals surface area contributed by atoms with Crippen LogP contribution in [0.3, 0.4) is 0 Å². The Hall–Kier alpha value is -5.00. The topological polar surface area (TPSA) is 96.5 Å². The second-order valence-electron chi connectivity index (χ2n) is 9.25. The summed E-state index contributed by atoms with van der Waals surface area (Å²) in [7, 11) is 0. The number of pyridine rings is 3. The first-order valence-corrected chi connectivity index (χ1v) is 12.2. The Morgan fingerprint density at radius 3 is 2.77 bits per heavy atom. The lowest BCUT2D eigenvalue weighted by Gasteiger charge is -2.33. The van der Waals surface area contributed by atoms with E-state index in [2.05, 4.69) is 25.1 Å². The predicted molar refractivity (Wildman–Crippen MR) is 134 cm³/mol. The van der Waals surface area contributed by atoms with E-state index in [4.69, 9.17) is 0 Å². The lowest BCUT2D eigenvalue weighted by Crippen LogP contribution is -2.41. The Labute approximate surface area is 218 Å². The highest BCUT2D eigenvalue weighted by molar-refractivity contribution is 6.01. The first kappa shape index (κ1) is 23.1. The zero-order chi connectivity index (χ0) is 26.7. The Balaban J connectivity index is 1.31. The van der Waals surface area contributed by atoms with Crippen LogP contribution in [0.15, 0.2) is 79.5 Å². The second-order valence-corrected chi connectivity index (χ2v) is 9.25. The molecule has 1 atom stereocenters. The summed E-state index contributed by atoms with van der Waals surface area (Å²) in [5.74, 6) is -0.317. The fourth-order valence-corrected chi connectivity index (χ4v) is 5.17. The van der Waals surface area contributed by atoms with Gasteiger partial charge in [-0.1, -0.05) is 12.1 Å². The van der Waals surface area contributed by atoms with Gasteiger partial charge in [0.2, 0.25) is 0 Å². The van der Waals surface area contributed by atoms with Gasteiger partial charge in [0, 0.05) is 36.6 Å². The molecular weight excluding hydrogens is 509 g/mol. The number of aromatic nitrogens is 7. The first-order chi connectivity index (χ1) is 18.9. The third-order valence-electron chi connectivity index (χ3n) is 6.97. The van der Waals surface area contributed by atoms with E-state index in [1.54, 1.807) is 33.9 Å². The fraction of sp³-hybridized carbons (Fsp3) is 0.148. The maximum Gasteiger partial charge on any atom is 0.433 e. The van der Waals surface area contributed by atoms with Crippen LogP contribution >= 0.6 is 0 Å². The van der Waals surface area contributed by atoms with E-state index in [1.165, 1.54) is 18.6 Å². The summed E-state index contributed by atoms with van der Waals surface area (Å²) in [5, 5.41) is 8.72. The molecule has 0 radical (unpaired) electrons. The summed E-state index contributed by atoms with van der Waals surface area (Å²) in [6, 6.07) is 13.9. The monoisotopic (exact) mass is 528 g/mol. The summed E-state index contributed by atoms with van der Waals surface area (Å²) in [5.41, 5.74) is 3.62. The highest BCUT2D eigenvalue weighted by Crippen LogP contribution is 2.36. The average molecular weight is 528 g/mol. The minimum absolute atomic E-state index is 0.271. The molecule has 12 heteroatoms. The Morgan fingerprint density at radius 1 is 1.05 bits per heavy atom. The lowest BCUT2D eigenvalue weighted by atomic mass is 9.98. The van der Waals surface area contributed by atoms with Crippen molar-refractivity contribution < 1.29 is 18.0 Å². The summed E-state index contributed by atoms with van der Waals surface area (Å²) in [6.07, 6.45) is 2.46. The van der Waals surface area contributed by atoms with Crippen LogP contribution in [0, 0.1) is 0 Å². The molecule has 0 bridgehead atoms. The number of amides is 1. The molecule has 1 aliphatic rings. The van der Waals surface area contributed by atoms with Gasteiger partial charge >= 0.3 is 6.18 Å². The molecule has 0 spiro atoms. The summed E-state index contributed by atoms with van der Waals surface area (Å²) >= 11 is 0. The predicted octanol–water partition coefficient (Wildman–Crippen LogP) is 4.57. The highest BCUT2D eigenvalue weighted by atomic mass is 19.4. The van der Waals surface area contributed by atoms with Gasteiger partial charge in [0.05, 0.1) is 46.2 Å². The smallest absolute Gasteiger partial charge is 0.348 e. The lowest BCUT2D eigenvalue weighted by molar-refractivity contribution is -0.142. The summed E-state index contributed by atoms with van der Waals surface area (Å²) in [4.78, 5) is 27.5. The van der Waals surface area contributed by atoms with Crippen molar-refractivity contribution in [3.8, 4) is 11.3 Å². The van der Waals surface area contributed by atoms with Gasteiger partial charge in [-0.05, 0) is 42.5 Å². The van der Waals surface area contributed by atoms with Crippen LogP contribution in [0.1, 0.15) is 39.2 Å². The van der Waals surface area contributed by atoms with E-state index in [0.29, 0.717) is 35.4 Å². The van der Waals surface area contributed by atoms with Crippen molar-refractivity contribution in [2.75, 3.05) is 6.54 Å². The Kier molecular flexibility index (Phi) is 5.05. The van der Waals surface area contributed by atoms with E-state index >= 15 is 0 Å². The normalized spacial score (nSPS) is 15.7. The van der Waals surface area contributed by atoms with Gasteiger partial charge in [0.1, 0.15) is 11.7 Å².